The lowest BCUT2D eigenvalue weighted by atomic mass is 10.1. The molecule has 1 aromatic heterocycles. The van der Waals surface area contributed by atoms with Crippen LogP contribution in [0.2, 0.25) is 0 Å². The molecule has 0 radical (unpaired) electrons. The van der Waals surface area contributed by atoms with Gasteiger partial charge < -0.3 is 5.32 Å². The van der Waals surface area contributed by atoms with E-state index in [0.717, 1.165) is 18.7 Å². The molecule has 0 bridgehead atoms. The van der Waals surface area contributed by atoms with Crippen LogP contribution in [0.15, 0.2) is 30.5 Å². The first-order valence-electron chi connectivity index (χ1n) is 6.95. The van der Waals surface area contributed by atoms with Gasteiger partial charge in [-0.2, -0.15) is 5.10 Å². The van der Waals surface area contributed by atoms with E-state index in [1.165, 1.54) is 16.8 Å². The van der Waals surface area contributed by atoms with Crippen molar-refractivity contribution >= 4 is 5.69 Å². The van der Waals surface area contributed by atoms with Crippen molar-refractivity contribution in [3.8, 4) is 0 Å². The molecule has 2 aromatic rings. The van der Waals surface area contributed by atoms with Gasteiger partial charge in [0.05, 0.1) is 12.2 Å². The van der Waals surface area contributed by atoms with Crippen LogP contribution >= 0.6 is 0 Å². The third-order valence-electron chi connectivity index (χ3n) is 3.55. The standard InChI is InChI=1S/C16H23N3/c1-5-14(4)19-9-8-15(18-19)11-17-16-7-6-12(2)10-13(16)3/h6-10,14,17H,5,11H2,1-4H3. The number of hydrogen-bond donors (Lipinski definition) is 1. The summed E-state index contributed by atoms with van der Waals surface area (Å²) in [5, 5.41) is 8.05. The fourth-order valence-electron chi connectivity index (χ4n) is 2.10. The van der Waals surface area contributed by atoms with Crippen LogP contribution in [0.5, 0.6) is 0 Å². The minimum atomic E-state index is 0.467. The molecular formula is C16H23N3. The van der Waals surface area contributed by atoms with Crippen molar-refractivity contribution in [2.24, 2.45) is 0 Å². The maximum absolute atomic E-state index is 4.60. The highest BCUT2D eigenvalue weighted by molar-refractivity contribution is 5.51. The predicted octanol–water partition coefficient (Wildman–Crippen LogP) is 4.08. The van der Waals surface area contributed by atoms with Gasteiger partial charge in [0, 0.05) is 17.9 Å². The lowest BCUT2D eigenvalue weighted by Crippen LogP contribution is -2.07. The number of hydrogen-bond acceptors (Lipinski definition) is 2. The molecule has 1 atom stereocenters. The number of rotatable bonds is 5. The third kappa shape index (κ3) is 3.37. The summed E-state index contributed by atoms with van der Waals surface area (Å²) in [5.74, 6) is 0. The van der Waals surface area contributed by atoms with Crippen molar-refractivity contribution in [1.29, 1.82) is 0 Å². The Hall–Kier alpha value is -1.77. The number of nitrogens with one attached hydrogen (secondary N) is 1. The van der Waals surface area contributed by atoms with Crippen molar-refractivity contribution in [2.75, 3.05) is 5.32 Å². The largest absolute Gasteiger partial charge is 0.379 e. The van der Waals surface area contributed by atoms with E-state index in [0.29, 0.717) is 6.04 Å². The molecule has 1 N–H and O–H groups in total. The Kier molecular flexibility index (Phi) is 4.25. The van der Waals surface area contributed by atoms with Gasteiger partial charge in [-0.3, -0.25) is 4.68 Å². The summed E-state index contributed by atoms with van der Waals surface area (Å²) >= 11 is 0. The normalized spacial score (nSPS) is 12.4. The molecule has 3 heteroatoms. The van der Waals surface area contributed by atoms with Crippen LogP contribution in [-0.4, -0.2) is 9.78 Å². The highest BCUT2D eigenvalue weighted by atomic mass is 15.3. The molecule has 0 saturated heterocycles. The molecule has 0 saturated carbocycles. The number of aromatic nitrogens is 2. The van der Waals surface area contributed by atoms with Gasteiger partial charge in [0.1, 0.15) is 0 Å². The minimum absolute atomic E-state index is 0.467. The maximum atomic E-state index is 4.60. The Morgan fingerprint density at radius 3 is 2.74 bits per heavy atom. The molecule has 1 unspecified atom stereocenters. The van der Waals surface area contributed by atoms with E-state index in [1.807, 2.05) is 4.68 Å². The quantitative estimate of drug-likeness (QED) is 0.874. The van der Waals surface area contributed by atoms with E-state index >= 15 is 0 Å². The van der Waals surface area contributed by atoms with Gasteiger partial charge in [0.25, 0.3) is 0 Å². The lowest BCUT2D eigenvalue weighted by Gasteiger charge is -2.10. The molecule has 0 aliphatic heterocycles. The molecular weight excluding hydrogens is 234 g/mol. The Balaban J connectivity index is 2.00. The van der Waals surface area contributed by atoms with Crippen LogP contribution in [-0.2, 0) is 6.54 Å². The van der Waals surface area contributed by atoms with E-state index in [1.54, 1.807) is 0 Å². The average molecular weight is 257 g/mol. The molecule has 0 amide bonds. The topological polar surface area (TPSA) is 29.9 Å². The first-order valence-corrected chi connectivity index (χ1v) is 6.95. The molecule has 0 spiro atoms. The zero-order valence-electron chi connectivity index (χ0n) is 12.3. The van der Waals surface area contributed by atoms with Crippen LogP contribution < -0.4 is 5.32 Å². The number of nitrogens with zero attached hydrogens (tertiary/aromatic N) is 2. The number of benzene rings is 1. The summed E-state index contributed by atoms with van der Waals surface area (Å²) in [5.41, 5.74) is 4.84. The highest BCUT2D eigenvalue weighted by Crippen LogP contribution is 2.17. The zero-order valence-corrected chi connectivity index (χ0v) is 12.3. The fraction of sp³-hybridized carbons (Fsp3) is 0.438. The van der Waals surface area contributed by atoms with Crippen LogP contribution in [0.1, 0.15) is 43.1 Å². The van der Waals surface area contributed by atoms with E-state index in [4.69, 9.17) is 0 Å². The molecule has 0 aliphatic carbocycles. The summed E-state index contributed by atoms with van der Waals surface area (Å²) in [4.78, 5) is 0. The van der Waals surface area contributed by atoms with Crippen molar-refractivity contribution in [2.45, 2.75) is 46.7 Å². The Morgan fingerprint density at radius 2 is 2.05 bits per heavy atom. The molecule has 1 heterocycles. The average Bonchev–Trinajstić information content (AvgIpc) is 2.85. The monoisotopic (exact) mass is 257 g/mol. The summed E-state index contributed by atoms with van der Waals surface area (Å²) in [6, 6.07) is 9.02. The first-order chi connectivity index (χ1) is 9.10. The summed E-state index contributed by atoms with van der Waals surface area (Å²) in [7, 11) is 0. The Labute approximate surface area is 115 Å². The molecule has 0 fully saturated rings. The van der Waals surface area contributed by atoms with E-state index in [-0.39, 0.29) is 0 Å². The van der Waals surface area contributed by atoms with Crippen LogP contribution in [0, 0.1) is 13.8 Å². The second kappa shape index (κ2) is 5.91. The van der Waals surface area contributed by atoms with Gasteiger partial charge in [0.2, 0.25) is 0 Å². The highest BCUT2D eigenvalue weighted by Gasteiger charge is 2.05. The van der Waals surface area contributed by atoms with Crippen molar-refractivity contribution < 1.29 is 0 Å². The fourth-order valence-corrected chi connectivity index (χ4v) is 2.10. The predicted molar refractivity (Wildman–Crippen MR) is 80.5 cm³/mol. The second-order valence-corrected chi connectivity index (χ2v) is 5.22. The van der Waals surface area contributed by atoms with Crippen molar-refractivity contribution in [1.82, 2.24) is 9.78 Å². The SMILES string of the molecule is CCC(C)n1ccc(CNc2ccc(C)cc2C)n1. The number of aryl methyl sites for hydroxylation is 2. The maximum Gasteiger partial charge on any atom is 0.0815 e. The molecule has 0 aliphatic rings. The van der Waals surface area contributed by atoms with E-state index in [2.05, 4.69) is 68.6 Å². The van der Waals surface area contributed by atoms with Crippen molar-refractivity contribution in [3.05, 3.63) is 47.3 Å². The zero-order chi connectivity index (χ0) is 13.8. The minimum Gasteiger partial charge on any atom is -0.379 e. The van der Waals surface area contributed by atoms with E-state index in [9.17, 15) is 0 Å². The van der Waals surface area contributed by atoms with Gasteiger partial charge in [0.15, 0.2) is 0 Å². The summed E-state index contributed by atoms with van der Waals surface area (Å²) in [6.45, 7) is 9.39. The van der Waals surface area contributed by atoms with Gasteiger partial charge in [-0.05, 0) is 44.9 Å². The van der Waals surface area contributed by atoms with E-state index < -0.39 is 0 Å². The van der Waals surface area contributed by atoms with Crippen LogP contribution in [0.3, 0.4) is 0 Å². The molecule has 19 heavy (non-hydrogen) atoms. The molecule has 2 rings (SSSR count). The Bertz CT molecular complexity index is 543. The smallest absolute Gasteiger partial charge is 0.0815 e. The van der Waals surface area contributed by atoms with Crippen molar-refractivity contribution in [3.63, 3.8) is 0 Å². The summed E-state index contributed by atoms with van der Waals surface area (Å²) < 4.78 is 2.04. The summed E-state index contributed by atoms with van der Waals surface area (Å²) in [6.07, 6.45) is 3.17. The molecule has 1 aromatic carbocycles. The molecule has 102 valence electrons. The third-order valence-corrected chi connectivity index (χ3v) is 3.55. The Morgan fingerprint density at radius 1 is 1.26 bits per heavy atom. The van der Waals surface area contributed by atoms with Crippen LogP contribution in [0.4, 0.5) is 5.69 Å². The lowest BCUT2D eigenvalue weighted by molar-refractivity contribution is 0.474. The number of anilines is 1. The van der Waals surface area contributed by atoms with Crippen LogP contribution in [0.25, 0.3) is 0 Å². The first kappa shape index (κ1) is 13.7. The van der Waals surface area contributed by atoms with Gasteiger partial charge in [-0.1, -0.05) is 24.6 Å². The molecule has 3 nitrogen and oxygen atoms in total. The van der Waals surface area contributed by atoms with Gasteiger partial charge in [-0.15, -0.1) is 0 Å². The van der Waals surface area contributed by atoms with Gasteiger partial charge in [-0.25, -0.2) is 0 Å². The van der Waals surface area contributed by atoms with Gasteiger partial charge >= 0.3 is 0 Å². The second-order valence-electron chi connectivity index (χ2n) is 5.22.